The minimum absolute atomic E-state index is 0.0655. The highest BCUT2D eigenvalue weighted by Crippen LogP contribution is 2.59. The summed E-state index contributed by atoms with van der Waals surface area (Å²) in [6.45, 7) is 9.13. The van der Waals surface area contributed by atoms with Gasteiger partial charge in [0.15, 0.2) is 13.9 Å². The SMILES string of the molecule is CCOc1ccc2c(c1)CC(NCCCCO)C(=O)N2c1cccc(CN2C(=O)[C@@]3(O[C@@H](CCO)[C@H]([Si](C)(C)O)[C@H]3C)c3ccccc32)c1. The van der Waals surface area contributed by atoms with E-state index in [2.05, 4.69) is 5.32 Å². The monoisotopic (exact) mass is 687 g/mol. The lowest BCUT2D eigenvalue weighted by Crippen LogP contribution is -2.49. The second kappa shape index (κ2) is 14.3. The molecule has 262 valence electrons. The van der Waals surface area contributed by atoms with Crippen LogP contribution in [0.5, 0.6) is 5.75 Å². The molecule has 1 saturated heterocycles. The first-order valence-corrected chi connectivity index (χ1v) is 20.5. The first-order chi connectivity index (χ1) is 23.5. The Morgan fingerprint density at radius 2 is 1.80 bits per heavy atom. The van der Waals surface area contributed by atoms with Gasteiger partial charge >= 0.3 is 0 Å². The zero-order valence-corrected chi connectivity index (χ0v) is 29.9. The third-order valence-corrected chi connectivity index (χ3v) is 12.8. The number of carbonyl (C=O) groups excluding carboxylic acids is 2. The van der Waals surface area contributed by atoms with Crippen molar-refractivity contribution in [2.24, 2.45) is 5.92 Å². The highest BCUT2D eigenvalue weighted by atomic mass is 28.4. The van der Waals surface area contributed by atoms with E-state index in [1.165, 1.54) is 0 Å². The maximum absolute atomic E-state index is 14.7. The van der Waals surface area contributed by atoms with Gasteiger partial charge in [-0.05, 0) is 99.8 Å². The Hall–Kier alpha value is -3.58. The zero-order valence-electron chi connectivity index (χ0n) is 28.9. The number of nitrogens with zero attached hydrogens (tertiary/aromatic N) is 2. The molecule has 0 radical (unpaired) electrons. The third kappa shape index (κ3) is 6.44. The van der Waals surface area contributed by atoms with E-state index in [0.717, 1.165) is 40.2 Å². The molecule has 3 aliphatic heterocycles. The first-order valence-electron chi connectivity index (χ1n) is 17.5. The molecule has 0 aliphatic carbocycles. The fraction of sp³-hybridized carbons (Fsp3) is 0.474. The van der Waals surface area contributed by atoms with Crippen LogP contribution in [-0.4, -0.2) is 73.7 Å². The summed E-state index contributed by atoms with van der Waals surface area (Å²) in [5, 5.41) is 22.5. The molecule has 49 heavy (non-hydrogen) atoms. The highest BCUT2D eigenvalue weighted by molar-refractivity contribution is 6.71. The van der Waals surface area contributed by atoms with Crippen molar-refractivity contribution >= 4 is 37.2 Å². The van der Waals surface area contributed by atoms with E-state index in [1.54, 1.807) is 9.80 Å². The molecule has 0 saturated carbocycles. The van der Waals surface area contributed by atoms with Crippen molar-refractivity contribution in [3.05, 3.63) is 83.4 Å². The van der Waals surface area contributed by atoms with Crippen LogP contribution in [0.4, 0.5) is 17.1 Å². The van der Waals surface area contributed by atoms with Crippen LogP contribution in [0.15, 0.2) is 66.7 Å². The van der Waals surface area contributed by atoms with Crippen LogP contribution >= 0.6 is 0 Å². The molecule has 3 aliphatic rings. The van der Waals surface area contributed by atoms with Crippen LogP contribution in [0, 0.1) is 5.92 Å². The van der Waals surface area contributed by atoms with E-state index < -0.39 is 26.1 Å². The Morgan fingerprint density at radius 3 is 2.53 bits per heavy atom. The number of aliphatic hydroxyl groups is 2. The van der Waals surface area contributed by atoms with E-state index in [9.17, 15) is 24.6 Å². The van der Waals surface area contributed by atoms with E-state index in [0.29, 0.717) is 38.1 Å². The van der Waals surface area contributed by atoms with Gasteiger partial charge in [-0.1, -0.05) is 37.3 Å². The summed E-state index contributed by atoms with van der Waals surface area (Å²) in [5.74, 6) is 0.212. The average molecular weight is 688 g/mol. The lowest BCUT2D eigenvalue weighted by atomic mass is 9.82. The third-order valence-electron chi connectivity index (χ3n) is 10.3. The van der Waals surface area contributed by atoms with E-state index in [-0.39, 0.29) is 43.0 Å². The summed E-state index contributed by atoms with van der Waals surface area (Å²) in [6, 6.07) is 20.8. The summed E-state index contributed by atoms with van der Waals surface area (Å²) in [6.07, 6.45) is 1.85. The van der Waals surface area contributed by atoms with E-state index >= 15 is 0 Å². The Balaban J connectivity index is 1.33. The van der Waals surface area contributed by atoms with Crippen molar-refractivity contribution < 1.29 is 34.1 Å². The molecule has 3 aromatic carbocycles. The highest BCUT2D eigenvalue weighted by Gasteiger charge is 2.66. The number of carbonyl (C=O) groups is 2. The summed E-state index contributed by atoms with van der Waals surface area (Å²) in [7, 11) is -2.79. The van der Waals surface area contributed by atoms with Gasteiger partial charge in [-0.3, -0.25) is 14.5 Å². The molecule has 1 fully saturated rings. The van der Waals surface area contributed by atoms with Gasteiger partial charge in [0.05, 0.1) is 36.7 Å². The number of fused-ring (bicyclic) bond motifs is 3. The molecule has 1 unspecified atom stereocenters. The Kier molecular flexibility index (Phi) is 10.3. The summed E-state index contributed by atoms with van der Waals surface area (Å²) in [4.78, 5) is 43.6. The molecule has 1 spiro atoms. The molecule has 5 atom stereocenters. The molecule has 2 amide bonds. The van der Waals surface area contributed by atoms with Crippen molar-refractivity contribution in [2.75, 3.05) is 36.2 Å². The van der Waals surface area contributed by atoms with Crippen molar-refractivity contribution in [1.82, 2.24) is 5.32 Å². The number of hydrogen-bond donors (Lipinski definition) is 4. The minimum Gasteiger partial charge on any atom is -0.494 e. The first kappa shape index (κ1) is 35.3. The van der Waals surface area contributed by atoms with E-state index in [4.69, 9.17) is 9.47 Å². The molecular formula is C38H49N3O7Si. The molecule has 4 N–H and O–H groups in total. The van der Waals surface area contributed by atoms with Crippen LogP contribution in [0.3, 0.4) is 0 Å². The lowest BCUT2D eigenvalue weighted by Gasteiger charge is -2.35. The topological polar surface area (TPSA) is 132 Å². The summed E-state index contributed by atoms with van der Waals surface area (Å²) < 4.78 is 12.5. The molecular weight excluding hydrogens is 639 g/mol. The van der Waals surface area contributed by atoms with Crippen molar-refractivity contribution in [2.45, 2.75) is 82.5 Å². The van der Waals surface area contributed by atoms with Crippen molar-refractivity contribution in [1.29, 1.82) is 0 Å². The number of rotatable bonds is 13. The van der Waals surface area contributed by atoms with Gasteiger partial charge in [0.2, 0.25) is 5.91 Å². The number of unbranched alkanes of at least 4 members (excludes halogenated alkanes) is 1. The minimum atomic E-state index is -2.79. The Labute approximate surface area is 289 Å². The molecule has 0 aromatic heterocycles. The quantitative estimate of drug-likeness (QED) is 0.150. The fourth-order valence-corrected chi connectivity index (χ4v) is 10.9. The normalized spacial score (nSPS) is 24.9. The predicted octanol–water partition coefficient (Wildman–Crippen LogP) is 4.76. The van der Waals surface area contributed by atoms with Crippen LogP contribution in [0.2, 0.25) is 18.6 Å². The number of aliphatic hydroxyl groups excluding tert-OH is 2. The molecule has 3 aromatic rings. The van der Waals surface area contributed by atoms with Gasteiger partial charge in [-0.15, -0.1) is 0 Å². The summed E-state index contributed by atoms with van der Waals surface area (Å²) >= 11 is 0. The molecule has 3 heterocycles. The van der Waals surface area contributed by atoms with Gasteiger partial charge in [0, 0.05) is 35.9 Å². The van der Waals surface area contributed by atoms with Crippen LogP contribution in [0.25, 0.3) is 0 Å². The lowest BCUT2D eigenvalue weighted by molar-refractivity contribution is -0.146. The molecule has 0 bridgehead atoms. The van der Waals surface area contributed by atoms with E-state index in [1.807, 2.05) is 93.7 Å². The van der Waals surface area contributed by atoms with Gasteiger partial charge in [0.1, 0.15) is 5.75 Å². The van der Waals surface area contributed by atoms with Gasteiger partial charge in [-0.2, -0.15) is 0 Å². The number of benzene rings is 3. The number of anilines is 3. The maximum Gasteiger partial charge on any atom is 0.264 e. The largest absolute Gasteiger partial charge is 0.494 e. The number of hydrogen-bond acceptors (Lipinski definition) is 8. The standard InChI is InChI=1S/C38H49N3O7Si/c1-5-47-29-15-16-32-27(22-29)23-31(39-18-8-9-19-42)36(44)41(32)28-12-10-11-26(21-28)24-40-33-14-7-6-13-30(33)38(37(40)45)25(2)35(49(3,4)46)34(48-38)17-20-43/h6-7,10-16,21-22,25,31,34-35,39,42-43,46H,5,8-9,17-20,23-24H2,1-4H3/t25-,31?,34+,35-,38+/m1/s1. The van der Waals surface area contributed by atoms with Gasteiger partial charge in [0.25, 0.3) is 5.91 Å². The number of para-hydroxylation sites is 1. The maximum atomic E-state index is 14.7. The van der Waals surface area contributed by atoms with Gasteiger partial charge in [-0.25, -0.2) is 0 Å². The van der Waals surface area contributed by atoms with Crippen LogP contribution in [0.1, 0.15) is 49.8 Å². The Morgan fingerprint density at radius 1 is 1.00 bits per heavy atom. The molecule has 11 heteroatoms. The van der Waals surface area contributed by atoms with Gasteiger partial charge < -0.3 is 34.7 Å². The smallest absolute Gasteiger partial charge is 0.264 e. The average Bonchev–Trinajstić information content (AvgIpc) is 3.50. The number of ether oxygens (including phenoxy) is 2. The zero-order chi connectivity index (χ0) is 34.9. The van der Waals surface area contributed by atoms with Crippen molar-refractivity contribution in [3.63, 3.8) is 0 Å². The molecule has 10 nitrogen and oxygen atoms in total. The van der Waals surface area contributed by atoms with Crippen LogP contribution in [-0.2, 0) is 32.9 Å². The fourth-order valence-electron chi connectivity index (χ4n) is 8.28. The number of nitrogens with one attached hydrogen (secondary N) is 1. The second-order valence-electron chi connectivity index (χ2n) is 14.0. The second-order valence-corrected chi connectivity index (χ2v) is 18.0. The number of amides is 2. The van der Waals surface area contributed by atoms with Crippen molar-refractivity contribution in [3.8, 4) is 5.75 Å². The molecule has 6 rings (SSSR count). The summed E-state index contributed by atoms with van der Waals surface area (Å²) in [5.41, 5.74) is 3.39. The Bertz CT molecular complexity index is 1680. The predicted molar refractivity (Wildman–Crippen MR) is 192 cm³/mol. The van der Waals surface area contributed by atoms with Crippen LogP contribution < -0.4 is 19.9 Å².